The van der Waals surface area contributed by atoms with Crippen LogP contribution in [0.1, 0.15) is 5.56 Å². The van der Waals surface area contributed by atoms with E-state index in [1.165, 1.54) is 6.08 Å². The van der Waals surface area contributed by atoms with E-state index in [9.17, 15) is 10.2 Å². The molecule has 0 aliphatic heterocycles. The number of aliphatic hydroxyl groups is 2. The van der Waals surface area contributed by atoms with Crippen molar-refractivity contribution >= 4 is 22.6 Å². The molecule has 0 aliphatic carbocycles. The van der Waals surface area contributed by atoms with E-state index in [2.05, 4.69) is 6.58 Å². The van der Waals surface area contributed by atoms with E-state index in [1.807, 2.05) is 52.9 Å². The summed E-state index contributed by atoms with van der Waals surface area (Å²) in [6, 6.07) is 9.60. The van der Waals surface area contributed by atoms with Crippen molar-refractivity contribution in [1.29, 1.82) is 0 Å². The van der Waals surface area contributed by atoms with Crippen molar-refractivity contribution in [3.8, 4) is 0 Å². The van der Waals surface area contributed by atoms with E-state index in [0.29, 0.717) is 6.61 Å². The van der Waals surface area contributed by atoms with Gasteiger partial charge in [-0.1, -0.05) is 59.0 Å². The van der Waals surface area contributed by atoms with Gasteiger partial charge in [0.1, 0.15) is 11.7 Å². The second kappa shape index (κ2) is 7.68. The highest BCUT2D eigenvalue weighted by Gasteiger charge is 2.34. The molecule has 0 unspecified atom stereocenters. The molecule has 1 aromatic rings. The Morgan fingerprint density at radius 3 is 2.56 bits per heavy atom. The Balaban J connectivity index is 2.82. The maximum Gasteiger partial charge on any atom is 0.140 e. The summed E-state index contributed by atoms with van der Waals surface area (Å²) < 4.78 is 7.41. The molecule has 1 rings (SSSR count). The van der Waals surface area contributed by atoms with Gasteiger partial charge in [0.15, 0.2) is 0 Å². The molecule has 0 bridgehead atoms. The van der Waals surface area contributed by atoms with Crippen LogP contribution in [0.3, 0.4) is 0 Å². The number of ether oxygens (including phenoxy) is 1. The fourth-order valence-electron chi connectivity index (χ4n) is 1.52. The molecule has 98 valence electrons. The minimum Gasteiger partial charge on any atom is -0.393 e. The zero-order valence-corrected chi connectivity index (χ0v) is 12.2. The van der Waals surface area contributed by atoms with E-state index in [0.717, 1.165) is 5.56 Å². The second-order valence-electron chi connectivity index (χ2n) is 3.86. The van der Waals surface area contributed by atoms with Crippen LogP contribution < -0.4 is 0 Å². The Labute approximate surface area is 121 Å². The molecule has 0 aromatic heterocycles. The first-order chi connectivity index (χ1) is 8.68. The van der Waals surface area contributed by atoms with Gasteiger partial charge in [-0.25, -0.2) is 0 Å². The quantitative estimate of drug-likeness (QED) is 0.580. The van der Waals surface area contributed by atoms with Gasteiger partial charge in [-0.3, -0.25) is 0 Å². The van der Waals surface area contributed by atoms with Crippen molar-refractivity contribution in [3.63, 3.8) is 0 Å². The monoisotopic (exact) mass is 360 g/mol. The van der Waals surface area contributed by atoms with Crippen LogP contribution in [0.4, 0.5) is 0 Å². The van der Waals surface area contributed by atoms with Gasteiger partial charge in [0.25, 0.3) is 0 Å². The van der Waals surface area contributed by atoms with Gasteiger partial charge in [-0.2, -0.15) is 0 Å². The van der Waals surface area contributed by atoms with Crippen LogP contribution in [0.25, 0.3) is 0 Å². The lowest BCUT2D eigenvalue weighted by molar-refractivity contribution is -0.109. The van der Waals surface area contributed by atoms with Crippen LogP contribution in [0.15, 0.2) is 53.1 Å². The third-order valence-corrected chi connectivity index (χ3v) is 3.03. The minimum absolute atomic E-state index is 0.313. The lowest BCUT2D eigenvalue weighted by atomic mass is 9.97. The van der Waals surface area contributed by atoms with Gasteiger partial charge in [0.05, 0.1) is 13.2 Å². The summed E-state index contributed by atoms with van der Waals surface area (Å²) in [6.45, 7) is 3.53. The van der Waals surface area contributed by atoms with Crippen LogP contribution in [-0.2, 0) is 11.3 Å². The Kier molecular flexibility index (Phi) is 6.56. The third-order valence-electron chi connectivity index (χ3n) is 2.67. The smallest absolute Gasteiger partial charge is 0.140 e. The third kappa shape index (κ3) is 3.91. The molecule has 0 heterocycles. The molecule has 18 heavy (non-hydrogen) atoms. The zero-order chi connectivity index (χ0) is 13.4. The van der Waals surface area contributed by atoms with Gasteiger partial charge < -0.3 is 14.9 Å². The van der Waals surface area contributed by atoms with Crippen molar-refractivity contribution in [2.24, 2.45) is 0 Å². The van der Waals surface area contributed by atoms with Crippen LogP contribution in [-0.4, -0.2) is 28.5 Å². The number of rotatable bonds is 7. The molecule has 1 aromatic carbocycles. The Hall–Kier alpha value is -0.690. The van der Waals surface area contributed by atoms with Crippen LogP contribution >= 0.6 is 22.6 Å². The molecule has 0 saturated heterocycles. The molecule has 3 nitrogen and oxygen atoms in total. The van der Waals surface area contributed by atoms with E-state index in [-0.39, 0.29) is 6.61 Å². The standard InChI is InChI=1S/C14H17IO3/c1-2-13(17)14(11-16,8-9-15)18-10-12-6-4-3-5-7-12/h2-9,13,16-17H,1,10-11H2/b9-8-/t13-,14+/m1/s1. The number of hydrogen-bond acceptors (Lipinski definition) is 3. The average Bonchev–Trinajstić information content (AvgIpc) is 2.44. The summed E-state index contributed by atoms with van der Waals surface area (Å²) >= 11 is 2.02. The summed E-state index contributed by atoms with van der Waals surface area (Å²) in [5.41, 5.74) is -0.160. The lowest BCUT2D eigenvalue weighted by Gasteiger charge is -2.32. The molecule has 0 saturated carbocycles. The van der Waals surface area contributed by atoms with Gasteiger partial charge in [-0.05, 0) is 15.7 Å². The predicted molar refractivity (Wildman–Crippen MR) is 80.4 cm³/mol. The number of benzene rings is 1. The van der Waals surface area contributed by atoms with Crippen LogP contribution in [0.5, 0.6) is 0 Å². The lowest BCUT2D eigenvalue weighted by Crippen LogP contribution is -2.45. The Bertz CT molecular complexity index is 391. The van der Waals surface area contributed by atoms with E-state index < -0.39 is 11.7 Å². The molecule has 0 aliphatic rings. The number of aliphatic hydroxyl groups excluding tert-OH is 2. The van der Waals surface area contributed by atoms with Crippen molar-refractivity contribution in [2.75, 3.05) is 6.61 Å². The Morgan fingerprint density at radius 1 is 1.39 bits per heavy atom. The van der Waals surface area contributed by atoms with Gasteiger partial charge in [0.2, 0.25) is 0 Å². The topological polar surface area (TPSA) is 49.7 Å². The number of halogens is 1. The largest absolute Gasteiger partial charge is 0.393 e. The fraction of sp³-hybridized carbons (Fsp3) is 0.286. The van der Waals surface area contributed by atoms with Crippen molar-refractivity contribution in [2.45, 2.75) is 18.3 Å². The van der Waals surface area contributed by atoms with E-state index in [4.69, 9.17) is 4.74 Å². The van der Waals surface area contributed by atoms with Crippen molar-refractivity contribution in [1.82, 2.24) is 0 Å². The number of hydrogen-bond donors (Lipinski definition) is 2. The molecule has 0 amide bonds. The summed E-state index contributed by atoms with van der Waals surface area (Å²) in [7, 11) is 0. The summed E-state index contributed by atoms with van der Waals surface area (Å²) in [4.78, 5) is 0. The van der Waals surface area contributed by atoms with Gasteiger partial charge >= 0.3 is 0 Å². The molecule has 2 atom stereocenters. The first-order valence-corrected chi connectivity index (χ1v) is 6.80. The predicted octanol–water partition coefficient (Wildman–Crippen LogP) is 2.43. The van der Waals surface area contributed by atoms with Gasteiger partial charge in [-0.15, -0.1) is 6.58 Å². The second-order valence-corrected chi connectivity index (χ2v) is 4.58. The average molecular weight is 360 g/mol. The summed E-state index contributed by atoms with van der Waals surface area (Å²) in [5.74, 6) is 0. The van der Waals surface area contributed by atoms with Crippen LogP contribution in [0.2, 0.25) is 0 Å². The van der Waals surface area contributed by atoms with E-state index in [1.54, 1.807) is 10.2 Å². The summed E-state index contributed by atoms with van der Waals surface area (Å²) in [5, 5.41) is 19.4. The normalized spacial score (nSPS) is 16.4. The van der Waals surface area contributed by atoms with Crippen molar-refractivity contribution in [3.05, 3.63) is 58.7 Å². The molecule has 0 radical (unpaired) electrons. The van der Waals surface area contributed by atoms with Gasteiger partial charge in [0, 0.05) is 0 Å². The maximum absolute atomic E-state index is 9.92. The minimum atomic E-state index is -1.14. The molecule has 4 heteroatoms. The highest BCUT2D eigenvalue weighted by molar-refractivity contribution is 14.1. The van der Waals surface area contributed by atoms with E-state index >= 15 is 0 Å². The fourth-order valence-corrected chi connectivity index (χ4v) is 2.13. The first-order valence-electron chi connectivity index (χ1n) is 5.56. The Morgan fingerprint density at radius 2 is 2.06 bits per heavy atom. The highest BCUT2D eigenvalue weighted by Crippen LogP contribution is 2.22. The summed E-state index contributed by atoms with van der Waals surface area (Å²) in [6.07, 6.45) is 2.04. The molecule has 2 N–H and O–H groups in total. The van der Waals surface area contributed by atoms with Crippen LogP contribution in [0, 0.1) is 0 Å². The molecular formula is C14H17IO3. The SMILES string of the molecule is C=C[C@@H](O)[C@](/C=C\I)(CO)OCc1ccccc1. The molecule has 0 fully saturated rings. The highest BCUT2D eigenvalue weighted by atomic mass is 127. The first kappa shape index (κ1) is 15.4. The molecule has 0 spiro atoms. The maximum atomic E-state index is 9.92. The molecular weight excluding hydrogens is 343 g/mol. The van der Waals surface area contributed by atoms with Crippen molar-refractivity contribution < 1.29 is 14.9 Å². The zero-order valence-electron chi connectivity index (χ0n) is 10.00.